The molecule has 0 fully saturated rings. The molecule has 0 saturated heterocycles. The van der Waals surface area contributed by atoms with Gasteiger partial charge < -0.3 is 11.1 Å². The molecule has 3 nitrogen and oxygen atoms in total. The third-order valence-corrected chi connectivity index (χ3v) is 2.78. The zero-order valence-electron chi connectivity index (χ0n) is 10.0. The summed E-state index contributed by atoms with van der Waals surface area (Å²) in [5.74, 6) is -0.180. The first kappa shape index (κ1) is 13.2. The standard InChI is InChI=1S/C12H17BrN2O/c1-7-5-9(13)6-8(2)10(7)15-11(16)12(3,4)14/h5-6H,14H2,1-4H3,(H,15,16). The van der Waals surface area contributed by atoms with E-state index in [1.54, 1.807) is 13.8 Å². The largest absolute Gasteiger partial charge is 0.324 e. The molecule has 0 saturated carbocycles. The zero-order chi connectivity index (χ0) is 12.5. The third-order valence-electron chi connectivity index (χ3n) is 2.32. The van der Waals surface area contributed by atoms with Gasteiger partial charge in [0, 0.05) is 10.2 Å². The van der Waals surface area contributed by atoms with Crippen LogP contribution in [0.15, 0.2) is 16.6 Å². The number of nitrogens with two attached hydrogens (primary N) is 1. The molecule has 0 aromatic heterocycles. The van der Waals surface area contributed by atoms with Crippen LogP contribution in [0.2, 0.25) is 0 Å². The van der Waals surface area contributed by atoms with Gasteiger partial charge in [-0.15, -0.1) is 0 Å². The van der Waals surface area contributed by atoms with E-state index in [1.165, 1.54) is 0 Å². The van der Waals surface area contributed by atoms with Crippen LogP contribution in [0.1, 0.15) is 25.0 Å². The highest BCUT2D eigenvalue weighted by molar-refractivity contribution is 9.10. The zero-order valence-corrected chi connectivity index (χ0v) is 11.6. The summed E-state index contributed by atoms with van der Waals surface area (Å²) in [4.78, 5) is 11.8. The van der Waals surface area contributed by atoms with Crippen LogP contribution in [-0.4, -0.2) is 11.4 Å². The number of anilines is 1. The SMILES string of the molecule is Cc1cc(Br)cc(C)c1NC(=O)C(C)(C)N. The van der Waals surface area contributed by atoms with Gasteiger partial charge in [0.15, 0.2) is 0 Å². The van der Waals surface area contributed by atoms with E-state index in [-0.39, 0.29) is 5.91 Å². The Bertz CT molecular complexity index is 399. The Labute approximate surface area is 105 Å². The molecule has 4 heteroatoms. The van der Waals surface area contributed by atoms with Crippen LogP contribution in [0.5, 0.6) is 0 Å². The maximum atomic E-state index is 11.8. The fourth-order valence-electron chi connectivity index (χ4n) is 1.38. The molecule has 0 spiro atoms. The minimum Gasteiger partial charge on any atom is -0.324 e. The number of amides is 1. The first-order valence-corrected chi connectivity index (χ1v) is 5.88. The van der Waals surface area contributed by atoms with Gasteiger partial charge in [-0.2, -0.15) is 0 Å². The molecule has 0 heterocycles. The highest BCUT2D eigenvalue weighted by Crippen LogP contribution is 2.25. The molecule has 0 aliphatic heterocycles. The molecular formula is C12H17BrN2O. The lowest BCUT2D eigenvalue weighted by atomic mass is 10.0. The van der Waals surface area contributed by atoms with Crippen molar-refractivity contribution < 1.29 is 4.79 Å². The second-order valence-corrected chi connectivity index (χ2v) is 5.51. The molecular weight excluding hydrogens is 268 g/mol. The van der Waals surface area contributed by atoms with Crippen LogP contribution < -0.4 is 11.1 Å². The van der Waals surface area contributed by atoms with E-state index in [9.17, 15) is 4.79 Å². The van der Waals surface area contributed by atoms with Crippen molar-refractivity contribution in [3.8, 4) is 0 Å². The summed E-state index contributed by atoms with van der Waals surface area (Å²) in [5.41, 5.74) is 7.74. The van der Waals surface area contributed by atoms with Gasteiger partial charge in [-0.05, 0) is 51.0 Å². The lowest BCUT2D eigenvalue weighted by molar-refractivity contribution is -0.120. The van der Waals surface area contributed by atoms with E-state index in [2.05, 4.69) is 21.2 Å². The minimum absolute atomic E-state index is 0.180. The number of rotatable bonds is 2. The summed E-state index contributed by atoms with van der Waals surface area (Å²) < 4.78 is 1.01. The Morgan fingerprint density at radius 2 is 1.75 bits per heavy atom. The van der Waals surface area contributed by atoms with Crippen LogP contribution in [0.25, 0.3) is 0 Å². The van der Waals surface area contributed by atoms with Gasteiger partial charge in [0.1, 0.15) is 0 Å². The Kier molecular flexibility index (Phi) is 3.76. The highest BCUT2D eigenvalue weighted by Gasteiger charge is 2.22. The van der Waals surface area contributed by atoms with Gasteiger partial charge in [-0.1, -0.05) is 15.9 Å². The van der Waals surface area contributed by atoms with E-state index >= 15 is 0 Å². The maximum Gasteiger partial charge on any atom is 0.243 e. The Morgan fingerprint density at radius 3 is 2.12 bits per heavy atom. The highest BCUT2D eigenvalue weighted by atomic mass is 79.9. The average Bonchev–Trinajstić information content (AvgIpc) is 2.08. The predicted molar refractivity (Wildman–Crippen MR) is 70.5 cm³/mol. The summed E-state index contributed by atoms with van der Waals surface area (Å²) in [5, 5.41) is 2.86. The molecule has 16 heavy (non-hydrogen) atoms. The molecule has 0 aliphatic carbocycles. The van der Waals surface area contributed by atoms with E-state index in [1.807, 2.05) is 26.0 Å². The molecule has 0 atom stereocenters. The van der Waals surface area contributed by atoms with Crippen molar-refractivity contribution in [1.82, 2.24) is 0 Å². The summed E-state index contributed by atoms with van der Waals surface area (Å²) in [6.45, 7) is 7.28. The molecule has 1 aromatic rings. The van der Waals surface area contributed by atoms with Crippen molar-refractivity contribution in [3.05, 3.63) is 27.7 Å². The van der Waals surface area contributed by atoms with Gasteiger partial charge in [0.2, 0.25) is 5.91 Å². The summed E-state index contributed by atoms with van der Waals surface area (Å²) in [6, 6.07) is 3.93. The number of carbonyl (C=O) groups is 1. The number of nitrogens with one attached hydrogen (secondary N) is 1. The van der Waals surface area contributed by atoms with Crippen molar-refractivity contribution >= 4 is 27.5 Å². The van der Waals surface area contributed by atoms with Crippen LogP contribution in [0, 0.1) is 13.8 Å². The van der Waals surface area contributed by atoms with Crippen LogP contribution in [0.3, 0.4) is 0 Å². The first-order valence-electron chi connectivity index (χ1n) is 5.09. The van der Waals surface area contributed by atoms with E-state index in [0.717, 1.165) is 21.3 Å². The van der Waals surface area contributed by atoms with E-state index in [0.29, 0.717) is 0 Å². The van der Waals surface area contributed by atoms with Gasteiger partial charge in [-0.3, -0.25) is 4.79 Å². The quantitative estimate of drug-likeness (QED) is 0.877. The van der Waals surface area contributed by atoms with Crippen LogP contribution in [-0.2, 0) is 4.79 Å². The average molecular weight is 285 g/mol. The van der Waals surface area contributed by atoms with Gasteiger partial charge in [0.05, 0.1) is 5.54 Å². The molecule has 0 radical (unpaired) electrons. The lowest BCUT2D eigenvalue weighted by Crippen LogP contribution is -2.45. The maximum absolute atomic E-state index is 11.8. The molecule has 0 unspecified atom stereocenters. The minimum atomic E-state index is -0.869. The van der Waals surface area contributed by atoms with Crippen LogP contribution >= 0.6 is 15.9 Å². The molecule has 1 aromatic carbocycles. The Morgan fingerprint density at radius 1 is 1.31 bits per heavy atom. The topological polar surface area (TPSA) is 55.1 Å². The number of hydrogen-bond donors (Lipinski definition) is 2. The van der Waals surface area contributed by atoms with Crippen LogP contribution in [0.4, 0.5) is 5.69 Å². The van der Waals surface area contributed by atoms with Crippen molar-refractivity contribution in [2.24, 2.45) is 5.73 Å². The number of benzene rings is 1. The number of carbonyl (C=O) groups excluding carboxylic acids is 1. The normalized spacial score (nSPS) is 11.4. The smallest absolute Gasteiger partial charge is 0.243 e. The number of aryl methyl sites for hydroxylation is 2. The molecule has 1 amide bonds. The second kappa shape index (κ2) is 4.55. The number of halogens is 1. The van der Waals surface area contributed by atoms with Crippen molar-refractivity contribution in [3.63, 3.8) is 0 Å². The second-order valence-electron chi connectivity index (χ2n) is 4.59. The first-order chi connectivity index (χ1) is 7.21. The summed E-state index contributed by atoms with van der Waals surface area (Å²) >= 11 is 3.42. The molecule has 0 bridgehead atoms. The molecule has 88 valence electrons. The third kappa shape index (κ3) is 3.06. The van der Waals surface area contributed by atoms with Crippen molar-refractivity contribution in [1.29, 1.82) is 0 Å². The fraction of sp³-hybridized carbons (Fsp3) is 0.417. The van der Waals surface area contributed by atoms with Crippen molar-refractivity contribution in [2.45, 2.75) is 33.2 Å². The molecule has 1 rings (SSSR count). The Balaban J connectivity index is 3.03. The van der Waals surface area contributed by atoms with E-state index in [4.69, 9.17) is 5.73 Å². The monoisotopic (exact) mass is 284 g/mol. The summed E-state index contributed by atoms with van der Waals surface area (Å²) in [6.07, 6.45) is 0. The molecule has 3 N–H and O–H groups in total. The number of hydrogen-bond acceptors (Lipinski definition) is 2. The van der Waals surface area contributed by atoms with Gasteiger partial charge >= 0.3 is 0 Å². The van der Waals surface area contributed by atoms with Gasteiger partial charge in [-0.25, -0.2) is 0 Å². The fourth-order valence-corrected chi connectivity index (χ4v) is 2.07. The molecule has 0 aliphatic rings. The van der Waals surface area contributed by atoms with E-state index < -0.39 is 5.54 Å². The lowest BCUT2D eigenvalue weighted by Gasteiger charge is -2.20. The van der Waals surface area contributed by atoms with Gasteiger partial charge in [0.25, 0.3) is 0 Å². The summed E-state index contributed by atoms with van der Waals surface area (Å²) in [7, 11) is 0. The Hall–Kier alpha value is -0.870. The predicted octanol–water partition coefficient (Wildman–Crippen LogP) is 2.74. The van der Waals surface area contributed by atoms with Crippen molar-refractivity contribution in [2.75, 3.05) is 5.32 Å².